The van der Waals surface area contributed by atoms with Crippen molar-refractivity contribution in [3.05, 3.63) is 0 Å². The molecule has 9 heavy (non-hydrogen) atoms. The van der Waals surface area contributed by atoms with Crippen LogP contribution in [0, 0.1) is 11.5 Å². The Morgan fingerprint density at radius 1 is 1.78 bits per heavy atom. The van der Waals surface area contributed by atoms with E-state index in [1.165, 1.54) is 0 Å². The van der Waals surface area contributed by atoms with E-state index in [9.17, 15) is 4.79 Å². The van der Waals surface area contributed by atoms with Crippen LogP contribution in [0.5, 0.6) is 0 Å². The van der Waals surface area contributed by atoms with Crippen molar-refractivity contribution in [1.82, 2.24) is 0 Å². The normalized spacial score (nSPS) is 6.33. The van der Waals surface area contributed by atoms with E-state index in [4.69, 9.17) is 10.4 Å². The standard InChI is InChI=1S/C5H10O.CHNO/c1-3-4-5(2)6;2-1-3/h3-4H2,1-2H3;3H. The highest BCUT2D eigenvalue weighted by molar-refractivity contribution is 5.75. The second-order valence-corrected chi connectivity index (χ2v) is 1.55. The lowest BCUT2D eigenvalue weighted by Gasteiger charge is -1.80. The minimum absolute atomic E-state index is 0.289. The average Bonchev–Trinajstić information content (AvgIpc) is 1.67. The van der Waals surface area contributed by atoms with Crippen LogP contribution in [-0.4, -0.2) is 10.9 Å². The Bertz CT molecular complexity index is 104. The molecule has 0 aromatic heterocycles. The largest absolute Gasteiger partial charge is 0.443 e. The lowest BCUT2D eigenvalue weighted by Crippen LogP contribution is -1.84. The van der Waals surface area contributed by atoms with Gasteiger partial charge < -0.3 is 9.90 Å². The molecule has 0 aromatic carbocycles. The molecule has 52 valence electrons. The molecule has 0 aliphatic heterocycles. The summed E-state index contributed by atoms with van der Waals surface area (Å²) in [5.41, 5.74) is 0. The molecule has 0 fully saturated rings. The summed E-state index contributed by atoms with van der Waals surface area (Å²) in [6, 6.07) is 0. The quantitative estimate of drug-likeness (QED) is 0.570. The third kappa shape index (κ3) is 44.6. The van der Waals surface area contributed by atoms with Crippen molar-refractivity contribution in [2.75, 3.05) is 0 Å². The average molecular weight is 129 g/mol. The van der Waals surface area contributed by atoms with E-state index in [2.05, 4.69) is 0 Å². The maximum absolute atomic E-state index is 10.0. The topological polar surface area (TPSA) is 61.1 Å². The van der Waals surface area contributed by atoms with Crippen molar-refractivity contribution in [1.29, 1.82) is 5.26 Å². The van der Waals surface area contributed by atoms with Crippen LogP contribution < -0.4 is 0 Å². The first-order valence-electron chi connectivity index (χ1n) is 2.71. The molecule has 0 bridgehead atoms. The number of hydrogen-bond donors (Lipinski definition) is 1. The molecule has 0 spiro atoms. The Kier molecular flexibility index (Phi) is 12.1. The Hall–Kier alpha value is -1.04. The number of nitriles is 1. The number of rotatable bonds is 2. The number of aliphatic hydroxyl groups excluding tert-OH is 1. The molecular formula is C6H11NO2. The van der Waals surface area contributed by atoms with Crippen molar-refractivity contribution < 1.29 is 9.90 Å². The Labute approximate surface area is 54.9 Å². The summed E-state index contributed by atoms with van der Waals surface area (Å²) < 4.78 is 0. The van der Waals surface area contributed by atoms with Crippen LogP contribution in [0.3, 0.4) is 0 Å². The molecule has 0 aliphatic rings. The monoisotopic (exact) mass is 129 g/mol. The maximum atomic E-state index is 10.0. The molecule has 0 aliphatic carbocycles. The zero-order chi connectivity index (χ0) is 7.70. The third-order valence-corrected chi connectivity index (χ3v) is 0.602. The van der Waals surface area contributed by atoms with E-state index in [1.54, 1.807) is 6.92 Å². The number of carbonyl (C=O) groups excluding carboxylic acids is 1. The van der Waals surface area contributed by atoms with Crippen molar-refractivity contribution in [2.45, 2.75) is 26.7 Å². The van der Waals surface area contributed by atoms with Gasteiger partial charge in [0.05, 0.1) is 0 Å². The van der Waals surface area contributed by atoms with Gasteiger partial charge in [0.25, 0.3) is 6.26 Å². The Morgan fingerprint density at radius 3 is 2.11 bits per heavy atom. The smallest absolute Gasteiger partial charge is 0.283 e. The summed E-state index contributed by atoms with van der Waals surface area (Å²) in [6.45, 7) is 3.62. The van der Waals surface area contributed by atoms with Gasteiger partial charge in [0.2, 0.25) is 0 Å². The molecule has 0 rings (SSSR count). The van der Waals surface area contributed by atoms with E-state index < -0.39 is 0 Å². The van der Waals surface area contributed by atoms with Gasteiger partial charge in [-0.1, -0.05) is 6.92 Å². The third-order valence-electron chi connectivity index (χ3n) is 0.602. The van der Waals surface area contributed by atoms with Crippen LogP contribution in [0.4, 0.5) is 0 Å². The van der Waals surface area contributed by atoms with Crippen LogP contribution in [0.2, 0.25) is 0 Å². The zero-order valence-corrected chi connectivity index (χ0v) is 5.72. The molecule has 3 nitrogen and oxygen atoms in total. The predicted molar refractivity (Wildman–Crippen MR) is 33.1 cm³/mol. The van der Waals surface area contributed by atoms with Gasteiger partial charge in [0.1, 0.15) is 5.78 Å². The summed E-state index contributed by atoms with van der Waals surface area (Å²) >= 11 is 0. The summed E-state index contributed by atoms with van der Waals surface area (Å²) in [5, 5.41) is 13.8. The highest BCUT2D eigenvalue weighted by Crippen LogP contribution is 1.84. The Balaban J connectivity index is 0. The molecule has 0 saturated carbocycles. The molecule has 0 saturated heterocycles. The lowest BCUT2D eigenvalue weighted by atomic mass is 10.3. The van der Waals surface area contributed by atoms with Gasteiger partial charge in [-0.2, -0.15) is 5.26 Å². The minimum Gasteiger partial charge on any atom is -0.443 e. The van der Waals surface area contributed by atoms with Crippen LogP contribution in [0.15, 0.2) is 0 Å². The summed E-state index contributed by atoms with van der Waals surface area (Å²) in [5.74, 6) is 0.289. The van der Waals surface area contributed by atoms with Crippen molar-refractivity contribution in [3.8, 4) is 6.26 Å². The first-order chi connectivity index (χ1) is 4.18. The molecule has 0 aromatic rings. The molecule has 0 atom stereocenters. The van der Waals surface area contributed by atoms with Gasteiger partial charge in [0.15, 0.2) is 0 Å². The molecule has 0 amide bonds. The summed E-state index contributed by atoms with van der Waals surface area (Å²) in [4.78, 5) is 10.0. The molecule has 3 heteroatoms. The van der Waals surface area contributed by atoms with Crippen LogP contribution >= 0.6 is 0 Å². The van der Waals surface area contributed by atoms with E-state index in [0.29, 0.717) is 0 Å². The fourth-order valence-electron chi connectivity index (χ4n) is 0.352. The van der Waals surface area contributed by atoms with E-state index >= 15 is 0 Å². The molecular weight excluding hydrogens is 118 g/mol. The zero-order valence-electron chi connectivity index (χ0n) is 5.72. The Morgan fingerprint density at radius 2 is 2.11 bits per heavy atom. The van der Waals surface area contributed by atoms with Gasteiger partial charge in [-0.25, -0.2) is 0 Å². The number of carbonyl (C=O) groups is 1. The highest BCUT2D eigenvalue weighted by Gasteiger charge is 1.83. The van der Waals surface area contributed by atoms with Gasteiger partial charge >= 0.3 is 0 Å². The van der Waals surface area contributed by atoms with E-state index in [1.807, 2.05) is 6.92 Å². The fourth-order valence-corrected chi connectivity index (χ4v) is 0.352. The number of Topliss-reactive ketones (excluding diaryl/α,β-unsaturated/α-hetero) is 1. The van der Waals surface area contributed by atoms with Crippen molar-refractivity contribution in [2.24, 2.45) is 0 Å². The lowest BCUT2D eigenvalue weighted by molar-refractivity contribution is -0.117. The number of aliphatic hydroxyl groups is 1. The highest BCUT2D eigenvalue weighted by atomic mass is 16.2. The van der Waals surface area contributed by atoms with Crippen LogP contribution in [0.1, 0.15) is 26.7 Å². The van der Waals surface area contributed by atoms with Gasteiger partial charge in [-0.3, -0.25) is 0 Å². The van der Waals surface area contributed by atoms with E-state index in [0.717, 1.165) is 19.1 Å². The van der Waals surface area contributed by atoms with Crippen molar-refractivity contribution >= 4 is 5.78 Å². The number of hydrogen-bond acceptors (Lipinski definition) is 3. The molecule has 0 radical (unpaired) electrons. The molecule has 1 N–H and O–H groups in total. The van der Waals surface area contributed by atoms with Crippen LogP contribution in [0.25, 0.3) is 0 Å². The predicted octanol–water partition coefficient (Wildman–Crippen LogP) is 1.22. The fraction of sp³-hybridized carbons (Fsp3) is 0.667. The summed E-state index contributed by atoms with van der Waals surface area (Å²) in [6.07, 6.45) is 2.47. The first-order valence-corrected chi connectivity index (χ1v) is 2.71. The molecule has 0 unspecified atom stereocenters. The maximum Gasteiger partial charge on any atom is 0.283 e. The first kappa shape index (κ1) is 10.9. The van der Waals surface area contributed by atoms with Gasteiger partial charge in [-0.15, -0.1) is 0 Å². The minimum atomic E-state index is 0.289. The van der Waals surface area contributed by atoms with E-state index in [-0.39, 0.29) is 5.78 Å². The van der Waals surface area contributed by atoms with Gasteiger partial charge in [-0.05, 0) is 13.3 Å². The second-order valence-electron chi connectivity index (χ2n) is 1.55. The van der Waals surface area contributed by atoms with Crippen LogP contribution in [-0.2, 0) is 4.79 Å². The summed E-state index contributed by atoms with van der Waals surface area (Å²) in [7, 11) is 0. The molecule has 0 heterocycles. The van der Waals surface area contributed by atoms with Gasteiger partial charge in [0, 0.05) is 6.42 Å². The number of nitrogens with zero attached hydrogens (tertiary/aromatic N) is 1. The van der Waals surface area contributed by atoms with Crippen molar-refractivity contribution in [3.63, 3.8) is 0 Å². The number of ketones is 1. The SMILES string of the molecule is CCCC(C)=O.N#CO. The second kappa shape index (κ2) is 10.0.